The van der Waals surface area contributed by atoms with Crippen LogP contribution in [0.3, 0.4) is 0 Å². The lowest BCUT2D eigenvalue weighted by molar-refractivity contribution is 0.532. The van der Waals surface area contributed by atoms with Crippen LogP contribution >= 0.6 is 0 Å². The van der Waals surface area contributed by atoms with Gasteiger partial charge in [-0.05, 0) is 37.2 Å². The Kier molecular flexibility index (Phi) is 3.05. The van der Waals surface area contributed by atoms with Gasteiger partial charge in [-0.25, -0.2) is 14.3 Å². The van der Waals surface area contributed by atoms with Crippen LogP contribution in [-0.2, 0) is 7.05 Å². The maximum Gasteiger partial charge on any atom is 0.330 e. The summed E-state index contributed by atoms with van der Waals surface area (Å²) in [6.45, 7) is 1.74. The molecule has 5 heterocycles. The van der Waals surface area contributed by atoms with E-state index in [4.69, 9.17) is 4.98 Å². The van der Waals surface area contributed by atoms with Crippen LogP contribution in [-0.4, -0.2) is 36.8 Å². The summed E-state index contributed by atoms with van der Waals surface area (Å²) in [7, 11) is 1.81. The molecule has 7 nitrogen and oxygen atoms in total. The van der Waals surface area contributed by atoms with Crippen LogP contribution in [0.15, 0.2) is 47.5 Å². The highest BCUT2D eigenvalue weighted by molar-refractivity contribution is 5.82. The summed E-state index contributed by atoms with van der Waals surface area (Å²) in [6.07, 6.45) is 4.69. The third-order valence-corrected chi connectivity index (χ3v) is 5.04. The van der Waals surface area contributed by atoms with E-state index < -0.39 is 0 Å². The van der Waals surface area contributed by atoms with Crippen molar-refractivity contribution in [2.24, 2.45) is 7.05 Å². The molecule has 0 unspecified atom stereocenters. The fourth-order valence-electron chi connectivity index (χ4n) is 3.71. The molecular weight excluding hydrogens is 316 g/mol. The Hall–Kier alpha value is -2.93. The molecule has 0 aliphatic carbocycles. The van der Waals surface area contributed by atoms with E-state index in [1.54, 1.807) is 11.6 Å². The minimum atomic E-state index is -0.00628. The number of hydrogen-bond acceptors (Lipinski definition) is 4. The molecule has 1 aliphatic rings. The molecule has 1 fully saturated rings. The Morgan fingerprint density at radius 1 is 1.20 bits per heavy atom. The molecule has 0 saturated carbocycles. The van der Waals surface area contributed by atoms with E-state index >= 15 is 0 Å². The number of nitrogens with one attached hydrogen (secondary N) is 1. The third kappa shape index (κ3) is 2.05. The molecule has 0 aromatic carbocycles. The van der Waals surface area contributed by atoms with Gasteiger partial charge in [-0.3, -0.25) is 9.13 Å². The first kappa shape index (κ1) is 14.4. The van der Waals surface area contributed by atoms with Crippen LogP contribution in [0, 0.1) is 0 Å². The van der Waals surface area contributed by atoms with Crippen molar-refractivity contribution in [3.63, 3.8) is 0 Å². The molecule has 1 atom stereocenters. The summed E-state index contributed by atoms with van der Waals surface area (Å²) in [5, 5.41) is 7.72. The molecule has 0 bridgehead atoms. The number of imidazole rings is 1. The molecule has 0 spiro atoms. The van der Waals surface area contributed by atoms with Gasteiger partial charge in [0.15, 0.2) is 5.65 Å². The number of pyridine rings is 2. The zero-order valence-corrected chi connectivity index (χ0v) is 13.9. The molecule has 5 rings (SSSR count). The molecule has 1 N–H and O–H groups in total. The van der Waals surface area contributed by atoms with Crippen LogP contribution in [0.2, 0.25) is 0 Å². The van der Waals surface area contributed by atoms with Gasteiger partial charge in [0.05, 0.1) is 29.0 Å². The van der Waals surface area contributed by atoms with Gasteiger partial charge in [0.1, 0.15) is 0 Å². The number of aryl methyl sites for hydroxylation is 1. The lowest BCUT2D eigenvalue weighted by atomic mass is 10.2. The van der Waals surface area contributed by atoms with E-state index in [0.29, 0.717) is 0 Å². The fourth-order valence-corrected chi connectivity index (χ4v) is 3.71. The zero-order valence-electron chi connectivity index (χ0n) is 13.9. The van der Waals surface area contributed by atoms with Gasteiger partial charge < -0.3 is 5.32 Å². The quantitative estimate of drug-likeness (QED) is 0.604. The van der Waals surface area contributed by atoms with Crippen molar-refractivity contribution < 1.29 is 0 Å². The van der Waals surface area contributed by atoms with Crippen LogP contribution in [0.25, 0.3) is 27.9 Å². The van der Waals surface area contributed by atoms with E-state index in [-0.39, 0.29) is 11.7 Å². The Labute approximate surface area is 143 Å². The average Bonchev–Trinajstić information content (AvgIpc) is 3.35. The standard InChI is InChI=1S/C18H18N6O/c1-22-16-6-5-14(13-11-20-23-9-3-2-4-15(13)23)21-17(16)24(18(22)25)12-7-8-19-10-12/h2-6,9,11-12,19H,7-8,10H2,1H3/t12-/m1/s1. The minimum absolute atomic E-state index is 0.00628. The van der Waals surface area contributed by atoms with E-state index in [1.165, 1.54) is 0 Å². The van der Waals surface area contributed by atoms with Crippen LogP contribution in [0.4, 0.5) is 0 Å². The van der Waals surface area contributed by atoms with Crippen molar-refractivity contribution in [2.45, 2.75) is 12.5 Å². The van der Waals surface area contributed by atoms with Crippen molar-refractivity contribution in [2.75, 3.05) is 13.1 Å². The second-order valence-corrected chi connectivity index (χ2v) is 6.49. The van der Waals surface area contributed by atoms with E-state index in [2.05, 4.69) is 10.4 Å². The normalized spacial score (nSPS) is 17.7. The fraction of sp³-hybridized carbons (Fsp3) is 0.278. The topological polar surface area (TPSA) is 69.2 Å². The van der Waals surface area contributed by atoms with Crippen molar-refractivity contribution in [3.05, 3.63) is 53.2 Å². The molecular formula is C18H18N6O. The summed E-state index contributed by atoms with van der Waals surface area (Å²) in [6, 6.07) is 10.0. The maximum atomic E-state index is 12.7. The number of rotatable bonds is 2. The zero-order chi connectivity index (χ0) is 17.0. The molecule has 4 aromatic rings. The molecule has 126 valence electrons. The number of hydrogen-bond donors (Lipinski definition) is 1. The number of nitrogens with zero attached hydrogens (tertiary/aromatic N) is 5. The second-order valence-electron chi connectivity index (χ2n) is 6.49. The summed E-state index contributed by atoms with van der Waals surface area (Å²) in [4.78, 5) is 17.6. The highest BCUT2D eigenvalue weighted by Gasteiger charge is 2.23. The van der Waals surface area contributed by atoms with Crippen LogP contribution < -0.4 is 11.0 Å². The smallest absolute Gasteiger partial charge is 0.315 e. The lowest BCUT2D eigenvalue weighted by Crippen LogP contribution is -2.27. The van der Waals surface area contributed by atoms with Gasteiger partial charge in [-0.2, -0.15) is 5.10 Å². The largest absolute Gasteiger partial charge is 0.330 e. The molecule has 7 heteroatoms. The van der Waals surface area contributed by atoms with Gasteiger partial charge in [-0.15, -0.1) is 0 Å². The Morgan fingerprint density at radius 2 is 2.12 bits per heavy atom. The van der Waals surface area contributed by atoms with Crippen molar-refractivity contribution in [3.8, 4) is 11.3 Å². The van der Waals surface area contributed by atoms with Gasteiger partial charge in [0.25, 0.3) is 0 Å². The Balaban J connectivity index is 1.76. The van der Waals surface area contributed by atoms with E-state index in [9.17, 15) is 4.79 Å². The summed E-state index contributed by atoms with van der Waals surface area (Å²) in [5.41, 5.74) is 4.40. The summed E-state index contributed by atoms with van der Waals surface area (Å²) >= 11 is 0. The maximum absolute atomic E-state index is 12.7. The van der Waals surface area contributed by atoms with Gasteiger partial charge in [0.2, 0.25) is 0 Å². The first-order valence-electron chi connectivity index (χ1n) is 8.45. The van der Waals surface area contributed by atoms with Gasteiger partial charge in [0, 0.05) is 25.4 Å². The predicted octanol–water partition coefficient (Wildman–Crippen LogP) is 1.58. The lowest BCUT2D eigenvalue weighted by Gasteiger charge is -2.10. The van der Waals surface area contributed by atoms with Crippen LogP contribution in [0.1, 0.15) is 12.5 Å². The monoisotopic (exact) mass is 334 g/mol. The Morgan fingerprint density at radius 3 is 2.96 bits per heavy atom. The first-order chi connectivity index (χ1) is 12.2. The van der Waals surface area contributed by atoms with E-state index in [0.717, 1.165) is 47.4 Å². The van der Waals surface area contributed by atoms with Crippen molar-refractivity contribution >= 4 is 16.7 Å². The van der Waals surface area contributed by atoms with E-state index in [1.807, 2.05) is 51.8 Å². The molecule has 0 amide bonds. The molecule has 4 aromatic heterocycles. The highest BCUT2D eigenvalue weighted by atomic mass is 16.1. The SMILES string of the molecule is Cn1c(=O)n([C@@H]2CCNC2)c2nc(-c3cnn4ccccc34)ccc21. The average molecular weight is 334 g/mol. The Bertz CT molecular complexity index is 1150. The predicted molar refractivity (Wildman–Crippen MR) is 95.7 cm³/mol. The third-order valence-electron chi connectivity index (χ3n) is 5.04. The molecule has 0 radical (unpaired) electrons. The number of aromatic nitrogens is 5. The van der Waals surface area contributed by atoms with Crippen molar-refractivity contribution in [1.82, 2.24) is 29.0 Å². The molecule has 25 heavy (non-hydrogen) atoms. The molecule has 1 aliphatic heterocycles. The van der Waals surface area contributed by atoms with Crippen LogP contribution in [0.5, 0.6) is 0 Å². The first-order valence-corrected chi connectivity index (χ1v) is 8.45. The van der Waals surface area contributed by atoms with Gasteiger partial charge in [-0.1, -0.05) is 6.07 Å². The summed E-state index contributed by atoms with van der Waals surface area (Å²) in [5.74, 6) is 0. The highest BCUT2D eigenvalue weighted by Crippen LogP contribution is 2.26. The second kappa shape index (κ2) is 5.29. The number of fused-ring (bicyclic) bond motifs is 2. The van der Waals surface area contributed by atoms with Gasteiger partial charge >= 0.3 is 5.69 Å². The minimum Gasteiger partial charge on any atom is -0.315 e. The molecule has 1 saturated heterocycles. The summed E-state index contributed by atoms with van der Waals surface area (Å²) < 4.78 is 5.35. The van der Waals surface area contributed by atoms with Crippen molar-refractivity contribution in [1.29, 1.82) is 0 Å².